The Labute approximate surface area is 657 Å². The number of nitrogens with one attached hydrogen (secondary N) is 3. The molecule has 0 saturated carbocycles. The highest BCUT2D eigenvalue weighted by molar-refractivity contribution is 7.48. The number of phosphoric acid groups is 1. The highest BCUT2D eigenvalue weighted by atomic mass is 31.2. The monoisotopic (exact) mass is 1570 g/mol. The summed E-state index contributed by atoms with van der Waals surface area (Å²) in [5.74, 6) is -0.350. The fraction of sp³-hybridized carbons (Fsp3) is 0.361. The smallest absolute Gasteiger partial charge is 0.475 e. The zero-order valence-electron chi connectivity index (χ0n) is 63.8. The van der Waals surface area contributed by atoms with Gasteiger partial charge in [-0.1, -0.05) is 129 Å². The van der Waals surface area contributed by atoms with Crippen LogP contribution in [-0.2, 0) is 73.1 Å². The Balaban J connectivity index is 0.743. The van der Waals surface area contributed by atoms with Crippen LogP contribution in [0.5, 0.6) is 11.5 Å². The van der Waals surface area contributed by atoms with Crippen molar-refractivity contribution in [2.75, 3.05) is 64.9 Å². The molecule has 10 aromatic rings. The SMILES string of the molecule is COc1ccc(C(OCC2O[C@@H](n3cnc4c(NC(=O)c5ccc(CNC(=O)CCC(C)C)cc5)ncnc43)CC2OP(=O)(OCCC#N)OC[C@H]2OC(n3cnc4c(NC(=O)CCCN(C)C(=O)OCC5c6ccccc6-c6ccccc65)ncnc43)CC2OC(=O)CCC(C)=O)(c2ccccc2)c2ccc(OC)cc2)cc1. The first kappa shape index (κ1) is 80.4. The number of ketones is 1. The number of aromatic nitrogens is 8. The van der Waals surface area contributed by atoms with E-state index in [1.807, 2.05) is 121 Å². The van der Waals surface area contributed by atoms with Crippen molar-refractivity contribution in [1.29, 1.82) is 5.26 Å². The van der Waals surface area contributed by atoms with Gasteiger partial charge >= 0.3 is 19.9 Å². The van der Waals surface area contributed by atoms with Crippen LogP contribution in [0, 0.1) is 17.2 Å². The lowest BCUT2D eigenvalue weighted by molar-refractivity contribution is -0.153. The highest BCUT2D eigenvalue weighted by Crippen LogP contribution is 2.55. The molecule has 31 heteroatoms. The number of rotatable bonds is 36. The normalized spacial score (nSPS) is 17.7. The number of nitriles is 1. The summed E-state index contributed by atoms with van der Waals surface area (Å²) in [7, 11) is -0.191. The number of imidazole rings is 2. The summed E-state index contributed by atoms with van der Waals surface area (Å²) >= 11 is 0. The third-order valence-electron chi connectivity index (χ3n) is 20.1. The summed E-state index contributed by atoms with van der Waals surface area (Å²) in [5, 5.41) is 18.5. The fourth-order valence-corrected chi connectivity index (χ4v) is 15.5. The summed E-state index contributed by atoms with van der Waals surface area (Å²) in [4.78, 5) is 108. The summed E-state index contributed by atoms with van der Waals surface area (Å²) in [6.45, 7) is 4.77. The van der Waals surface area contributed by atoms with Gasteiger partial charge in [0.2, 0.25) is 11.8 Å². The first-order valence-corrected chi connectivity index (χ1v) is 39.1. The Bertz CT molecular complexity index is 5070. The fourth-order valence-electron chi connectivity index (χ4n) is 14.1. The van der Waals surface area contributed by atoms with E-state index >= 15 is 4.57 Å². The highest BCUT2D eigenvalue weighted by Gasteiger charge is 2.48. The number of anilines is 2. The Morgan fingerprint density at radius 1 is 0.640 bits per heavy atom. The Morgan fingerprint density at radius 2 is 1.21 bits per heavy atom. The Hall–Kier alpha value is -11.7. The van der Waals surface area contributed by atoms with Gasteiger partial charge in [-0.3, -0.25) is 41.9 Å². The van der Waals surface area contributed by atoms with Crippen LogP contribution in [0.1, 0.15) is 141 Å². The van der Waals surface area contributed by atoms with Gasteiger partial charge in [-0.15, -0.1) is 0 Å². The summed E-state index contributed by atoms with van der Waals surface area (Å²) in [6, 6.07) is 49.3. The van der Waals surface area contributed by atoms with Gasteiger partial charge in [-0.05, 0) is 107 Å². The lowest BCUT2D eigenvalue weighted by Gasteiger charge is -2.37. The minimum atomic E-state index is -4.94. The van der Waals surface area contributed by atoms with Crippen LogP contribution < -0.4 is 25.4 Å². The quantitative estimate of drug-likeness (QED) is 0.0142. The molecule has 2 saturated heterocycles. The van der Waals surface area contributed by atoms with Gasteiger partial charge in [-0.25, -0.2) is 39.3 Å². The minimum Gasteiger partial charge on any atom is -0.497 e. The van der Waals surface area contributed by atoms with Crippen molar-refractivity contribution in [2.45, 2.75) is 133 Å². The number of hydrogen-bond acceptors (Lipinski definition) is 24. The van der Waals surface area contributed by atoms with Crippen LogP contribution in [0.4, 0.5) is 16.4 Å². The maximum atomic E-state index is 15.8. The molecule has 13 rings (SSSR count). The molecule has 6 heterocycles. The second-order valence-electron chi connectivity index (χ2n) is 28.2. The minimum absolute atomic E-state index is 0.000436. The number of benzene rings is 6. The lowest BCUT2D eigenvalue weighted by Crippen LogP contribution is -2.38. The molecule has 1 aliphatic carbocycles. The predicted octanol–water partition coefficient (Wildman–Crippen LogP) is 12.9. The van der Waals surface area contributed by atoms with Crippen molar-refractivity contribution in [3.63, 3.8) is 0 Å². The van der Waals surface area contributed by atoms with E-state index < -0.39 is 87.4 Å². The average Bonchev–Trinajstić information content (AvgIpc) is 1.77. The molecular formula is C83H88N13O17P. The number of esters is 1. The first-order chi connectivity index (χ1) is 55.3. The largest absolute Gasteiger partial charge is 0.497 e. The number of carbonyl (C=O) groups excluding carboxylic acids is 6. The molecule has 0 radical (unpaired) electrons. The number of nitrogens with zero attached hydrogens (tertiary/aromatic N) is 10. The maximum Gasteiger partial charge on any atom is 0.475 e. The molecule has 114 heavy (non-hydrogen) atoms. The first-order valence-electron chi connectivity index (χ1n) is 37.6. The standard InChI is InChI=1S/C83H88N13O17P/c1-52(2)23-37-70(98)85-44-54-25-27-55(28-26-54)81(101)93-78-76-80(89-49-87-78)96(51-91-76)73-43-67(68(110-73)46-107-83(56-16-8-7-9-17-56,57-29-33-59(104-5)34-30-57)58-31-35-60(105-6)36-32-58)113-114(103,108-41-15-39-84)109-47-69-66(112-74(100)38-24-53(3)97)42-72(111-69)95-50-90-75-77(86-48-88-79(75)95)92-71(99)22-14-40-94(4)82(102)106-45-65-63-20-12-10-18-61(63)62-19-11-13-21-64(62)65/h7-13,16-21,25-36,48-52,65-69,72-73H,14-15,22-24,37-38,40-47H2,1-6H3,(H,85,98)(H,86,88,92,99)(H,87,89,93,101)/t66?,67?,68?,69-,72?,73-,114?/m1/s1. The molecule has 592 valence electrons. The van der Waals surface area contributed by atoms with E-state index in [4.69, 9.17) is 46.7 Å². The van der Waals surface area contributed by atoms with E-state index in [9.17, 15) is 34.0 Å². The van der Waals surface area contributed by atoms with Crippen molar-refractivity contribution in [3.05, 3.63) is 216 Å². The van der Waals surface area contributed by atoms with E-state index in [1.165, 1.54) is 37.1 Å². The third kappa shape index (κ3) is 18.8. The van der Waals surface area contributed by atoms with Crippen molar-refractivity contribution >= 4 is 77.4 Å². The molecule has 0 bridgehead atoms. The number of methoxy groups -OCH3 is 2. The molecule has 3 aliphatic rings. The molecule has 30 nitrogen and oxygen atoms in total. The number of hydrogen-bond donors (Lipinski definition) is 3. The average molecular weight is 1570 g/mol. The molecule has 4 amide bonds. The van der Waals surface area contributed by atoms with Crippen LogP contribution in [0.2, 0.25) is 0 Å². The second kappa shape index (κ2) is 36.9. The van der Waals surface area contributed by atoms with Gasteiger partial charge in [0, 0.05) is 63.7 Å². The van der Waals surface area contributed by atoms with E-state index in [2.05, 4.69) is 71.8 Å². The van der Waals surface area contributed by atoms with Crippen LogP contribution in [-0.4, -0.2) is 158 Å². The van der Waals surface area contributed by atoms with Gasteiger partial charge in [-0.2, -0.15) is 5.26 Å². The van der Waals surface area contributed by atoms with Gasteiger partial charge in [0.05, 0.1) is 65.6 Å². The zero-order chi connectivity index (χ0) is 79.9. The maximum absolute atomic E-state index is 15.8. The molecular weight excluding hydrogens is 1480 g/mol. The molecule has 6 aromatic carbocycles. The lowest BCUT2D eigenvalue weighted by atomic mass is 9.80. The molecule has 5 unspecified atom stereocenters. The van der Waals surface area contributed by atoms with Gasteiger partial charge in [0.1, 0.15) is 79.0 Å². The molecule has 7 atom stereocenters. The van der Waals surface area contributed by atoms with E-state index in [0.717, 1.165) is 34.2 Å². The van der Waals surface area contributed by atoms with Gasteiger partial charge in [0.15, 0.2) is 34.0 Å². The summed E-state index contributed by atoms with van der Waals surface area (Å²) in [6.07, 6.45) is -1.28. The van der Waals surface area contributed by atoms with Gasteiger partial charge in [0.25, 0.3) is 5.91 Å². The zero-order valence-corrected chi connectivity index (χ0v) is 64.7. The van der Waals surface area contributed by atoms with Crippen molar-refractivity contribution < 1.29 is 80.1 Å². The van der Waals surface area contributed by atoms with Crippen LogP contribution in [0.15, 0.2) is 177 Å². The molecule has 2 aliphatic heterocycles. The Kier molecular flexibility index (Phi) is 26.0. The number of fused-ring (bicyclic) bond motifs is 5. The van der Waals surface area contributed by atoms with Crippen LogP contribution in [0.25, 0.3) is 33.5 Å². The second-order valence-corrected chi connectivity index (χ2v) is 29.9. The number of ether oxygens (including phenoxy) is 7. The van der Waals surface area contributed by atoms with Crippen LogP contribution in [0.3, 0.4) is 0 Å². The molecule has 4 aromatic heterocycles. The van der Waals surface area contributed by atoms with Crippen molar-refractivity contribution in [1.82, 2.24) is 49.3 Å². The molecule has 0 spiro atoms. The van der Waals surface area contributed by atoms with Crippen molar-refractivity contribution in [3.8, 4) is 28.7 Å². The topological polar surface area (TPSA) is 362 Å². The van der Waals surface area contributed by atoms with E-state index in [0.29, 0.717) is 52.6 Å². The van der Waals surface area contributed by atoms with E-state index in [-0.39, 0.29) is 116 Å². The van der Waals surface area contributed by atoms with E-state index in [1.54, 1.807) is 54.7 Å². The van der Waals surface area contributed by atoms with Gasteiger partial charge < -0.3 is 58.8 Å². The third-order valence-corrected chi connectivity index (χ3v) is 21.6. The van der Waals surface area contributed by atoms with Crippen molar-refractivity contribution in [2.24, 2.45) is 5.92 Å². The van der Waals surface area contributed by atoms with Crippen LogP contribution >= 0.6 is 7.82 Å². The number of Topliss-reactive ketones (excluding diaryl/α,β-unsaturated/α-hetero) is 1. The number of phosphoric ester groups is 1. The summed E-state index contributed by atoms with van der Waals surface area (Å²) < 4.78 is 82.2. The molecule has 3 N–H and O–H groups in total. The predicted molar refractivity (Wildman–Crippen MR) is 416 cm³/mol. The molecule has 2 fully saturated rings. The number of carbonyl (C=O) groups is 6. The number of amides is 4. The Morgan fingerprint density at radius 3 is 1.80 bits per heavy atom. The summed E-state index contributed by atoms with van der Waals surface area (Å²) in [5.41, 5.74) is 7.00.